The molecule has 0 aliphatic heterocycles. The molecule has 0 atom stereocenters. The summed E-state index contributed by atoms with van der Waals surface area (Å²) in [7, 11) is -2.77. The van der Waals surface area contributed by atoms with E-state index >= 15 is 0 Å². The van der Waals surface area contributed by atoms with Crippen LogP contribution in [-0.4, -0.2) is 29.0 Å². The van der Waals surface area contributed by atoms with Crippen LogP contribution < -0.4 is 4.72 Å². The number of amides is 1. The number of non-ortho nitro benzene ring substituents is 1. The molecule has 0 unspecified atom stereocenters. The fraction of sp³-hybridized carbons (Fsp3) is 0.0667. The SMILES string of the molecule is Cn1ncc2cc(S(=O)(=O)NC(=O)c3ccccc3)cc([N+](=O)[O-])c21. The Balaban J connectivity index is 2.06. The number of aryl methyl sites for hydroxylation is 1. The Morgan fingerprint density at radius 1 is 1.24 bits per heavy atom. The number of nitro groups is 1. The lowest BCUT2D eigenvalue weighted by Crippen LogP contribution is -2.30. The van der Waals surface area contributed by atoms with Crippen LogP contribution in [0.3, 0.4) is 0 Å². The number of nitrogens with one attached hydrogen (secondary N) is 1. The number of fused-ring (bicyclic) bond motifs is 1. The van der Waals surface area contributed by atoms with Gasteiger partial charge in [0, 0.05) is 24.1 Å². The van der Waals surface area contributed by atoms with Gasteiger partial charge in [0.25, 0.3) is 21.6 Å². The molecule has 0 saturated carbocycles. The number of hydrogen-bond acceptors (Lipinski definition) is 6. The van der Waals surface area contributed by atoms with Crippen LogP contribution in [0.15, 0.2) is 53.6 Å². The molecule has 0 spiro atoms. The second-order valence-electron chi connectivity index (χ2n) is 5.21. The Labute approximate surface area is 142 Å². The van der Waals surface area contributed by atoms with Crippen molar-refractivity contribution < 1.29 is 18.1 Å². The predicted molar refractivity (Wildman–Crippen MR) is 88.5 cm³/mol. The first-order valence-corrected chi connectivity index (χ1v) is 8.50. The number of rotatable bonds is 4. The molecule has 25 heavy (non-hydrogen) atoms. The minimum atomic E-state index is -4.29. The summed E-state index contributed by atoms with van der Waals surface area (Å²) in [5, 5.41) is 15.5. The summed E-state index contributed by atoms with van der Waals surface area (Å²) in [4.78, 5) is 22.3. The number of hydrogen-bond donors (Lipinski definition) is 1. The fourth-order valence-corrected chi connectivity index (χ4v) is 3.42. The van der Waals surface area contributed by atoms with Crippen molar-refractivity contribution in [3.63, 3.8) is 0 Å². The van der Waals surface area contributed by atoms with Crippen molar-refractivity contribution >= 4 is 32.5 Å². The van der Waals surface area contributed by atoms with Gasteiger partial charge in [0.05, 0.1) is 16.0 Å². The van der Waals surface area contributed by atoms with E-state index in [4.69, 9.17) is 0 Å². The van der Waals surface area contributed by atoms with E-state index in [1.54, 1.807) is 18.2 Å². The van der Waals surface area contributed by atoms with Crippen LogP contribution in [0.5, 0.6) is 0 Å². The molecule has 2 aromatic carbocycles. The number of aromatic nitrogens is 2. The molecule has 1 aromatic heterocycles. The Morgan fingerprint density at radius 3 is 2.56 bits per heavy atom. The zero-order valence-corrected chi connectivity index (χ0v) is 13.7. The molecule has 3 aromatic rings. The first-order valence-electron chi connectivity index (χ1n) is 7.02. The molecule has 1 amide bonds. The molecule has 0 radical (unpaired) electrons. The highest BCUT2D eigenvalue weighted by molar-refractivity contribution is 7.90. The van der Waals surface area contributed by atoms with Crippen molar-refractivity contribution in [3.05, 3.63) is 64.3 Å². The average Bonchev–Trinajstić information content (AvgIpc) is 2.95. The zero-order chi connectivity index (χ0) is 18.2. The van der Waals surface area contributed by atoms with E-state index in [0.717, 1.165) is 6.07 Å². The van der Waals surface area contributed by atoms with Crippen molar-refractivity contribution in [2.24, 2.45) is 7.05 Å². The molecule has 0 aliphatic rings. The standard InChI is InChI=1S/C15H12N4O5S/c1-18-14-11(9-16-18)7-12(8-13(14)19(21)22)25(23,24)17-15(20)10-5-3-2-4-6-10/h2-9H,1H3,(H,17,20). The van der Waals surface area contributed by atoms with Crippen LogP contribution >= 0.6 is 0 Å². The smallest absolute Gasteiger partial charge is 0.268 e. The van der Waals surface area contributed by atoms with Gasteiger partial charge < -0.3 is 0 Å². The minimum Gasteiger partial charge on any atom is -0.268 e. The maximum Gasteiger partial charge on any atom is 0.296 e. The van der Waals surface area contributed by atoms with Gasteiger partial charge in [0.2, 0.25) is 0 Å². The van der Waals surface area contributed by atoms with Gasteiger partial charge in [-0.15, -0.1) is 0 Å². The van der Waals surface area contributed by atoms with Gasteiger partial charge in [-0.2, -0.15) is 5.10 Å². The lowest BCUT2D eigenvalue weighted by atomic mass is 10.2. The highest BCUT2D eigenvalue weighted by atomic mass is 32.2. The van der Waals surface area contributed by atoms with Gasteiger partial charge in [-0.1, -0.05) is 18.2 Å². The minimum absolute atomic E-state index is 0.156. The second-order valence-corrected chi connectivity index (χ2v) is 6.89. The van der Waals surface area contributed by atoms with Crippen molar-refractivity contribution in [2.45, 2.75) is 4.90 Å². The summed E-state index contributed by atoms with van der Waals surface area (Å²) in [6, 6.07) is 9.92. The molecule has 128 valence electrons. The van der Waals surface area contributed by atoms with Crippen LogP contribution in [0.2, 0.25) is 0 Å². The van der Waals surface area contributed by atoms with Gasteiger partial charge in [0.1, 0.15) is 5.52 Å². The molecular weight excluding hydrogens is 348 g/mol. The monoisotopic (exact) mass is 360 g/mol. The summed E-state index contributed by atoms with van der Waals surface area (Å²) in [6.45, 7) is 0. The number of carbonyl (C=O) groups is 1. The van der Waals surface area contributed by atoms with E-state index < -0.39 is 26.5 Å². The van der Waals surface area contributed by atoms with Crippen LogP contribution in [0.25, 0.3) is 10.9 Å². The van der Waals surface area contributed by atoms with E-state index in [1.807, 2.05) is 4.72 Å². The molecule has 1 heterocycles. The molecular formula is C15H12N4O5S. The van der Waals surface area contributed by atoms with Crippen LogP contribution in [0, 0.1) is 10.1 Å². The van der Waals surface area contributed by atoms with E-state index in [9.17, 15) is 23.3 Å². The van der Waals surface area contributed by atoms with Crippen LogP contribution in [-0.2, 0) is 17.1 Å². The third-order valence-corrected chi connectivity index (χ3v) is 4.87. The first kappa shape index (κ1) is 16.6. The number of sulfonamides is 1. The summed E-state index contributed by atoms with van der Waals surface area (Å²) >= 11 is 0. The van der Waals surface area contributed by atoms with Crippen molar-refractivity contribution in [2.75, 3.05) is 0 Å². The Morgan fingerprint density at radius 2 is 1.92 bits per heavy atom. The Hall–Kier alpha value is -3.27. The molecule has 0 saturated heterocycles. The van der Waals surface area contributed by atoms with E-state index in [1.165, 1.54) is 36.1 Å². The highest BCUT2D eigenvalue weighted by Gasteiger charge is 2.25. The third kappa shape index (κ3) is 3.06. The lowest BCUT2D eigenvalue weighted by molar-refractivity contribution is -0.383. The molecule has 0 fully saturated rings. The van der Waals surface area contributed by atoms with Gasteiger partial charge in [-0.25, -0.2) is 13.1 Å². The summed E-state index contributed by atoms with van der Waals surface area (Å²) in [6.07, 6.45) is 1.32. The predicted octanol–water partition coefficient (Wildman–Crippen LogP) is 1.60. The largest absolute Gasteiger partial charge is 0.296 e. The first-order chi connectivity index (χ1) is 11.8. The number of nitro benzene ring substituents is 1. The van der Waals surface area contributed by atoms with Crippen molar-refractivity contribution in [1.29, 1.82) is 0 Å². The third-order valence-electron chi connectivity index (χ3n) is 3.56. The maximum absolute atomic E-state index is 12.5. The number of carbonyl (C=O) groups excluding carboxylic acids is 1. The number of benzene rings is 2. The van der Waals surface area contributed by atoms with Crippen LogP contribution in [0.4, 0.5) is 5.69 Å². The zero-order valence-electron chi connectivity index (χ0n) is 12.9. The van der Waals surface area contributed by atoms with Gasteiger partial charge >= 0.3 is 0 Å². The normalized spacial score (nSPS) is 11.4. The topological polar surface area (TPSA) is 124 Å². The molecule has 3 rings (SSSR count). The fourth-order valence-electron chi connectivity index (χ4n) is 2.40. The molecule has 9 nitrogen and oxygen atoms in total. The second kappa shape index (κ2) is 5.98. The highest BCUT2D eigenvalue weighted by Crippen LogP contribution is 2.29. The van der Waals surface area contributed by atoms with E-state index in [2.05, 4.69) is 5.10 Å². The quantitative estimate of drug-likeness (QED) is 0.556. The summed E-state index contributed by atoms with van der Waals surface area (Å²) in [5.74, 6) is -0.825. The summed E-state index contributed by atoms with van der Waals surface area (Å²) in [5.41, 5.74) is -0.0635. The van der Waals surface area contributed by atoms with Crippen LogP contribution in [0.1, 0.15) is 10.4 Å². The number of nitrogens with zero attached hydrogens (tertiary/aromatic N) is 3. The van der Waals surface area contributed by atoms with Gasteiger partial charge in [-0.05, 0) is 18.2 Å². The van der Waals surface area contributed by atoms with Gasteiger partial charge in [-0.3, -0.25) is 19.6 Å². The Kier molecular flexibility index (Phi) is 3.97. The Bertz CT molecular complexity index is 1090. The molecule has 10 heteroatoms. The molecule has 0 aliphatic carbocycles. The molecule has 1 N–H and O–H groups in total. The summed E-state index contributed by atoms with van der Waals surface area (Å²) < 4.78 is 28.1. The average molecular weight is 360 g/mol. The van der Waals surface area contributed by atoms with E-state index in [0.29, 0.717) is 0 Å². The van der Waals surface area contributed by atoms with Crippen molar-refractivity contribution in [1.82, 2.24) is 14.5 Å². The van der Waals surface area contributed by atoms with Gasteiger partial charge in [0.15, 0.2) is 0 Å². The van der Waals surface area contributed by atoms with Crippen molar-refractivity contribution in [3.8, 4) is 0 Å². The molecule has 0 bridgehead atoms. The maximum atomic E-state index is 12.5. The lowest BCUT2D eigenvalue weighted by Gasteiger charge is -2.08. The van der Waals surface area contributed by atoms with E-state index in [-0.39, 0.29) is 21.4 Å².